The molecule has 0 bridgehead atoms. The molecule has 0 amide bonds. The molecule has 0 unspecified atom stereocenters. The molecule has 0 aromatic rings. The maximum atomic E-state index is 12.3. The third kappa shape index (κ3) is 7.77. The molecule has 1 rings (SSSR count). The summed E-state index contributed by atoms with van der Waals surface area (Å²) in [5.41, 5.74) is -0.487. The van der Waals surface area contributed by atoms with Crippen LogP contribution < -0.4 is 0 Å². The van der Waals surface area contributed by atoms with Gasteiger partial charge >= 0.3 is 5.97 Å². The maximum Gasteiger partial charge on any atom is 0.309 e. The fraction of sp³-hybridized carbons (Fsp3) is 0.842. The SMILES string of the molecule is CC(C)(C)OC(=O)C[C@@H]1O[C@H](/C=C/I)CC[C@H]1OS(C)(C)C(C)(C)C. The van der Waals surface area contributed by atoms with Gasteiger partial charge in [0.05, 0.1) is 24.7 Å². The van der Waals surface area contributed by atoms with Gasteiger partial charge in [0, 0.05) is 4.75 Å². The zero-order valence-electron chi connectivity index (χ0n) is 16.9. The molecule has 4 nitrogen and oxygen atoms in total. The topological polar surface area (TPSA) is 44.8 Å². The molecule has 0 spiro atoms. The van der Waals surface area contributed by atoms with Crippen LogP contribution in [0, 0.1) is 0 Å². The van der Waals surface area contributed by atoms with Crippen molar-refractivity contribution >= 4 is 38.9 Å². The van der Waals surface area contributed by atoms with Gasteiger partial charge in [-0.05, 0) is 56.3 Å². The predicted molar refractivity (Wildman–Crippen MR) is 116 cm³/mol. The number of carbonyl (C=O) groups excluding carboxylic acids is 1. The second-order valence-corrected chi connectivity index (χ2v) is 13.5. The normalized spacial score (nSPS) is 26.7. The first-order valence-corrected chi connectivity index (χ1v) is 12.4. The van der Waals surface area contributed by atoms with Gasteiger partial charge < -0.3 is 13.7 Å². The van der Waals surface area contributed by atoms with E-state index in [0.29, 0.717) is 0 Å². The summed E-state index contributed by atoms with van der Waals surface area (Å²) in [6.45, 7) is 12.3. The molecule has 0 aromatic carbocycles. The highest BCUT2D eigenvalue weighted by Crippen LogP contribution is 2.55. The van der Waals surface area contributed by atoms with Gasteiger partial charge in [-0.15, -0.1) is 10.3 Å². The Bertz CT molecular complexity index is 477. The molecule has 0 saturated carbocycles. The van der Waals surface area contributed by atoms with Gasteiger partial charge in [-0.3, -0.25) is 4.79 Å². The monoisotopic (exact) mass is 486 g/mol. The first kappa shape index (κ1) is 23.2. The number of hydrogen-bond acceptors (Lipinski definition) is 4. The molecule has 0 aromatic heterocycles. The summed E-state index contributed by atoms with van der Waals surface area (Å²) in [7, 11) is -1.28. The van der Waals surface area contributed by atoms with Crippen molar-refractivity contribution in [3.8, 4) is 0 Å². The van der Waals surface area contributed by atoms with Crippen LogP contribution in [0.1, 0.15) is 60.8 Å². The van der Waals surface area contributed by atoms with Crippen molar-refractivity contribution in [3.63, 3.8) is 0 Å². The zero-order valence-corrected chi connectivity index (χ0v) is 19.9. The molecule has 148 valence electrons. The molecular formula is C19H35IO4S. The smallest absolute Gasteiger partial charge is 0.309 e. The van der Waals surface area contributed by atoms with E-state index in [1.54, 1.807) is 0 Å². The third-order valence-electron chi connectivity index (χ3n) is 4.41. The predicted octanol–water partition coefficient (Wildman–Crippen LogP) is 5.38. The lowest BCUT2D eigenvalue weighted by Crippen LogP contribution is -2.44. The summed E-state index contributed by atoms with van der Waals surface area (Å²) in [6, 6.07) is 0. The van der Waals surface area contributed by atoms with E-state index in [2.05, 4.69) is 55.9 Å². The van der Waals surface area contributed by atoms with E-state index >= 15 is 0 Å². The van der Waals surface area contributed by atoms with Crippen LogP contribution in [0.2, 0.25) is 0 Å². The highest BCUT2D eigenvalue weighted by atomic mass is 127. The Labute approximate surface area is 169 Å². The zero-order chi connectivity index (χ0) is 19.5. The van der Waals surface area contributed by atoms with E-state index in [-0.39, 0.29) is 35.4 Å². The van der Waals surface area contributed by atoms with Gasteiger partial charge in [-0.1, -0.05) is 43.4 Å². The number of rotatable bonds is 5. The van der Waals surface area contributed by atoms with Crippen LogP contribution in [0.5, 0.6) is 0 Å². The van der Waals surface area contributed by atoms with Crippen molar-refractivity contribution in [1.29, 1.82) is 0 Å². The molecule has 1 fully saturated rings. The Balaban J connectivity index is 2.88. The molecule has 0 radical (unpaired) electrons. The summed E-state index contributed by atoms with van der Waals surface area (Å²) < 4.78 is 20.3. The van der Waals surface area contributed by atoms with Crippen LogP contribution >= 0.6 is 32.9 Å². The van der Waals surface area contributed by atoms with Crippen LogP contribution in [-0.2, 0) is 18.5 Å². The van der Waals surface area contributed by atoms with E-state index in [1.165, 1.54) is 0 Å². The van der Waals surface area contributed by atoms with Gasteiger partial charge in [0.2, 0.25) is 0 Å². The summed E-state index contributed by atoms with van der Waals surface area (Å²) in [4.78, 5) is 12.3. The fourth-order valence-electron chi connectivity index (χ4n) is 2.41. The molecule has 0 N–H and O–H groups in total. The van der Waals surface area contributed by atoms with Crippen molar-refractivity contribution in [1.82, 2.24) is 0 Å². The highest BCUT2D eigenvalue weighted by molar-refractivity contribution is 14.1. The van der Waals surface area contributed by atoms with E-state index in [0.717, 1.165) is 12.8 Å². The minimum Gasteiger partial charge on any atom is -0.460 e. The first-order valence-electron chi connectivity index (χ1n) is 8.80. The second kappa shape index (κ2) is 8.93. The largest absolute Gasteiger partial charge is 0.460 e. The van der Waals surface area contributed by atoms with Crippen molar-refractivity contribution in [2.75, 3.05) is 12.5 Å². The van der Waals surface area contributed by atoms with Gasteiger partial charge in [-0.2, -0.15) is 0 Å². The molecule has 1 aliphatic heterocycles. The fourth-order valence-corrected chi connectivity index (χ4v) is 4.00. The average molecular weight is 486 g/mol. The Morgan fingerprint density at radius 1 is 1.20 bits per heavy atom. The van der Waals surface area contributed by atoms with Gasteiger partial charge in [-0.25, -0.2) is 0 Å². The molecule has 1 aliphatic rings. The molecule has 6 heteroatoms. The second-order valence-electron chi connectivity index (χ2n) is 8.88. The first-order chi connectivity index (χ1) is 11.2. The number of halogens is 1. The Kier molecular flexibility index (Phi) is 8.31. The maximum absolute atomic E-state index is 12.3. The van der Waals surface area contributed by atoms with E-state index < -0.39 is 15.9 Å². The van der Waals surface area contributed by atoms with Crippen molar-refractivity contribution < 1.29 is 18.5 Å². The van der Waals surface area contributed by atoms with Gasteiger partial charge in [0.15, 0.2) is 0 Å². The summed E-state index contributed by atoms with van der Waals surface area (Å²) in [5, 5.41) is 0. The highest BCUT2D eigenvalue weighted by Gasteiger charge is 2.39. The molecule has 25 heavy (non-hydrogen) atoms. The molecule has 3 atom stereocenters. The quantitative estimate of drug-likeness (QED) is 0.387. The molecule has 1 saturated heterocycles. The lowest BCUT2D eigenvalue weighted by atomic mass is 9.99. The summed E-state index contributed by atoms with van der Waals surface area (Å²) in [6.07, 6.45) is 8.15. The molecule has 0 aliphatic carbocycles. The van der Waals surface area contributed by atoms with Crippen LogP contribution in [0.15, 0.2) is 10.2 Å². The van der Waals surface area contributed by atoms with Crippen molar-refractivity contribution in [3.05, 3.63) is 10.2 Å². The van der Waals surface area contributed by atoms with Crippen molar-refractivity contribution in [2.24, 2.45) is 0 Å². The van der Waals surface area contributed by atoms with Gasteiger partial charge in [0.1, 0.15) is 5.60 Å². The minimum atomic E-state index is -1.28. The lowest BCUT2D eigenvalue weighted by Gasteiger charge is -2.48. The third-order valence-corrected chi connectivity index (χ3v) is 8.51. The lowest BCUT2D eigenvalue weighted by molar-refractivity contribution is -0.164. The van der Waals surface area contributed by atoms with Crippen LogP contribution in [0.4, 0.5) is 0 Å². The summed E-state index contributed by atoms with van der Waals surface area (Å²) in [5.74, 6) is -0.228. The van der Waals surface area contributed by atoms with Crippen molar-refractivity contribution in [2.45, 2.75) is 89.5 Å². The number of ether oxygens (including phenoxy) is 2. The Morgan fingerprint density at radius 3 is 2.28 bits per heavy atom. The average Bonchev–Trinajstić information content (AvgIpc) is 2.38. The number of hydrogen-bond donors (Lipinski definition) is 0. The minimum absolute atomic E-state index is 0.0388. The van der Waals surface area contributed by atoms with Crippen LogP contribution in [0.25, 0.3) is 0 Å². The molecule has 1 heterocycles. The van der Waals surface area contributed by atoms with E-state index in [1.807, 2.05) is 30.9 Å². The van der Waals surface area contributed by atoms with Crippen LogP contribution in [0.3, 0.4) is 0 Å². The van der Waals surface area contributed by atoms with Gasteiger partial charge in [0.25, 0.3) is 0 Å². The Morgan fingerprint density at radius 2 is 1.80 bits per heavy atom. The van der Waals surface area contributed by atoms with E-state index in [4.69, 9.17) is 13.7 Å². The summed E-state index contributed by atoms with van der Waals surface area (Å²) >= 11 is 2.20. The Hall–Kier alpha value is 0.210. The number of esters is 1. The van der Waals surface area contributed by atoms with Crippen LogP contribution in [-0.4, -0.2) is 47.1 Å². The standard InChI is InChI=1S/C19H35IO4S/c1-18(2,3)23-17(21)13-16-15(10-9-14(22-16)11-12-20)24-25(7,8)19(4,5)6/h11-12,14-16H,9-10,13H2,1-8H3/b12-11+/t14-,15+,16-/m0/s1. The number of carbonyl (C=O) groups is 1. The molecular weight excluding hydrogens is 451 g/mol. The van der Waals surface area contributed by atoms with E-state index in [9.17, 15) is 4.79 Å².